The number of carbonyl (C=O) groups is 22. The lowest BCUT2D eigenvalue weighted by Crippen LogP contribution is -2.62. The summed E-state index contributed by atoms with van der Waals surface area (Å²) >= 11 is 8.48. The number of carbonyl (C=O) groups excluding carboxylic acids is 21. The molecule has 0 aliphatic heterocycles. The Balaban J connectivity index is 2.35. The first-order valence-electron chi connectivity index (χ1n) is 48.0. The molecule has 21 amide bonds. The molecule has 0 saturated heterocycles. The molecule has 0 unspecified atom stereocenters. The molecule has 2 rings (SSSR count). The zero-order valence-corrected chi connectivity index (χ0v) is 85.4. The Hall–Kier alpha value is -14.3. The maximum Gasteiger partial charge on any atom is 0.322 e. The summed E-state index contributed by atoms with van der Waals surface area (Å²) in [6, 6.07) is -11.3. The standard InChI is InChI=1S/C90H148N30O27S2/c1-6-47(4)71(120-85(144)63(43-124)117-87(146)65(45-149)118-77(136)54(24-14-16-30-92)107-72(131)48(5)105-73(132)51(93)36-67(95)126)88(147)111-52(23-13-15-29-91)74(133)103-37-68(127)102-38-69(128)106-60(40-121)82(141)109-55(26-18-32-101-90(98)99)76(135)113-59(35-50-21-11-8-12-22-50)81(140)119-64(44-148)86(145)112-57(33-46(2)3)79(138)115-62(42-123)84(143)116-61(41-122)83(142)110-56(27-28-66(94)125)78(137)114-58(34-49-19-9-7-10-20-49)80(139)108-53(25-17-31-100-89(96)97)75(134)104-39-70(129)130/h7-12,19-22,46-48,51-65,71,121-124,148-149H,6,13-18,23-45,91-93H2,1-5H3,(H2,94,125)(H2,95,126)(H,102,127)(H,103,133)(H,104,134)(H,105,132)(H,106,128)(H,107,131)(H,108,139)(H,109,141)(H,110,142)(H,111,147)(H,112,145)(H,113,135)(H,114,137)(H,115,138)(H,116,143)(H,117,146)(H,118,136)(H,119,140)(H,120,144)(H,129,130)(H4,96,97,100)(H4,98,99,101)/t47-,48-,51-,52-,53-,54-,55-,56-,57-,58-,59-,60-,61-,62-,63-,64-,65-,71-/m0/s1. The number of unbranched alkanes of at least 4 members (excludes halogenated alkanes) is 2. The molecular weight excluding hydrogens is 2000 g/mol. The summed E-state index contributed by atoms with van der Waals surface area (Å²) < 4.78 is 0. The number of primary amides is 2. The lowest BCUT2D eigenvalue weighted by Gasteiger charge is -2.28. The Morgan fingerprint density at radius 1 is 0.336 bits per heavy atom. The molecule has 0 heterocycles. The van der Waals surface area contributed by atoms with Crippen LogP contribution in [0.3, 0.4) is 0 Å². The van der Waals surface area contributed by atoms with Crippen molar-refractivity contribution in [3.63, 3.8) is 0 Å². The lowest BCUT2D eigenvalue weighted by atomic mass is 9.97. The van der Waals surface area contributed by atoms with Gasteiger partial charge in [0.1, 0.15) is 103 Å². The van der Waals surface area contributed by atoms with Crippen LogP contribution in [0.5, 0.6) is 0 Å². The van der Waals surface area contributed by atoms with E-state index in [2.05, 4.69) is 137 Å². The van der Waals surface area contributed by atoms with E-state index in [1.807, 2.05) is 0 Å². The number of aliphatic carboxylic acids is 1. The number of hydrogen-bond acceptors (Lipinski definition) is 33. The third-order valence-corrected chi connectivity index (χ3v) is 23.1. The Morgan fingerprint density at radius 2 is 0.658 bits per heavy atom. The molecule has 0 fully saturated rings. The molecule has 832 valence electrons. The van der Waals surface area contributed by atoms with Crippen molar-refractivity contribution >= 4 is 167 Å². The number of benzene rings is 2. The summed E-state index contributed by atoms with van der Waals surface area (Å²) in [7, 11) is 0. The number of rotatable bonds is 74. The minimum atomic E-state index is -2.01. The molecule has 18 atom stereocenters. The summed E-state index contributed by atoms with van der Waals surface area (Å²) in [6.07, 6.45) is -1.42. The van der Waals surface area contributed by atoms with Crippen molar-refractivity contribution in [1.82, 2.24) is 112 Å². The first-order valence-corrected chi connectivity index (χ1v) is 49.3. The van der Waals surface area contributed by atoms with Crippen molar-refractivity contribution in [2.45, 2.75) is 246 Å². The van der Waals surface area contributed by atoms with Crippen LogP contribution in [0.4, 0.5) is 0 Å². The number of guanidine groups is 2. The first kappa shape index (κ1) is 131. The summed E-state index contributed by atoms with van der Waals surface area (Å²) in [5, 5.41) is 117. The third-order valence-electron chi connectivity index (χ3n) is 22.4. The van der Waals surface area contributed by atoms with E-state index >= 15 is 0 Å². The second kappa shape index (κ2) is 71.3. The lowest BCUT2D eigenvalue weighted by molar-refractivity contribution is -0.138. The number of carboxylic acid groups (broad SMARTS) is 1. The zero-order valence-electron chi connectivity index (χ0n) is 83.6. The van der Waals surface area contributed by atoms with Crippen molar-refractivity contribution in [3.8, 4) is 0 Å². The van der Waals surface area contributed by atoms with Gasteiger partial charge in [0, 0.05) is 43.9 Å². The van der Waals surface area contributed by atoms with Crippen LogP contribution in [0.15, 0.2) is 60.7 Å². The first-order chi connectivity index (χ1) is 70.5. The van der Waals surface area contributed by atoms with E-state index in [-0.39, 0.29) is 96.8 Å². The number of aliphatic hydroxyl groups is 4. The molecule has 2 aromatic rings. The maximum absolute atomic E-state index is 14.6. The van der Waals surface area contributed by atoms with Gasteiger partial charge in [0.15, 0.2) is 11.9 Å². The van der Waals surface area contributed by atoms with Gasteiger partial charge in [-0.2, -0.15) is 25.3 Å². The quantitative estimate of drug-likeness (QED) is 0.0127. The average molecular weight is 2150 g/mol. The largest absolute Gasteiger partial charge is 0.480 e. The second-order valence-corrected chi connectivity index (χ2v) is 35.8. The van der Waals surface area contributed by atoms with Gasteiger partial charge in [-0.05, 0) is 120 Å². The van der Waals surface area contributed by atoms with E-state index in [1.165, 1.54) is 6.92 Å². The predicted octanol–water partition coefficient (Wildman–Crippen LogP) is -14.1. The van der Waals surface area contributed by atoms with E-state index in [9.17, 15) is 131 Å². The molecule has 0 radical (unpaired) electrons. The molecule has 0 spiro atoms. The van der Waals surface area contributed by atoms with Gasteiger partial charge >= 0.3 is 5.97 Å². The third kappa shape index (κ3) is 51.8. The van der Waals surface area contributed by atoms with Crippen LogP contribution in [-0.4, -0.2) is 354 Å². The van der Waals surface area contributed by atoms with Crippen molar-refractivity contribution in [2.24, 2.45) is 52.0 Å². The molecule has 0 aliphatic rings. The number of hydrogen-bond donors (Lipinski definition) is 37. The van der Waals surface area contributed by atoms with Gasteiger partial charge in [0.05, 0.1) is 52.0 Å². The molecule has 0 aliphatic carbocycles. The van der Waals surface area contributed by atoms with Gasteiger partial charge in [-0.15, -0.1) is 0 Å². The fourth-order valence-corrected chi connectivity index (χ4v) is 14.4. The van der Waals surface area contributed by atoms with Crippen LogP contribution in [-0.2, 0) is 118 Å². The molecule has 59 heteroatoms. The summed E-state index contributed by atoms with van der Waals surface area (Å²) in [4.78, 5) is 298. The van der Waals surface area contributed by atoms with Crippen molar-refractivity contribution in [2.75, 3.05) is 83.7 Å². The van der Waals surface area contributed by atoms with Gasteiger partial charge in [-0.25, -0.2) is 0 Å². The second-order valence-electron chi connectivity index (χ2n) is 35.0. The Kier molecular flexibility index (Phi) is 62.6. The van der Waals surface area contributed by atoms with E-state index in [1.54, 1.807) is 88.4 Å². The van der Waals surface area contributed by atoms with E-state index in [0.717, 1.165) is 0 Å². The van der Waals surface area contributed by atoms with E-state index in [4.69, 9.17) is 51.0 Å². The fraction of sp³-hybridized carbons (Fsp3) is 0.600. The van der Waals surface area contributed by atoms with Crippen LogP contribution in [0, 0.1) is 22.7 Å². The summed E-state index contributed by atoms with van der Waals surface area (Å²) in [6.45, 7) is 0.885. The maximum atomic E-state index is 14.6. The van der Waals surface area contributed by atoms with Crippen LogP contribution in [0.1, 0.15) is 142 Å². The highest BCUT2D eigenvalue weighted by Crippen LogP contribution is 2.16. The Bertz CT molecular complexity index is 4790. The number of nitrogens with one attached hydrogen (secondary N) is 23. The average Bonchev–Trinajstić information content (AvgIpc) is 0.854. The molecular formula is C90H148N30O27S2. The molecule has 42 N–H and O–H groups in total. The number of nitrogens with two attached hydrogens (primary N) is 7. The molecule has 2 aromatic carbocycles. The molecule has 0 saturated carbocycles. The monoisotopic (exact) mass is 2150 g/mol. The number of amides is 21. The topological polar surface area (TPSA) is 959 Å². The highest BCUT2D eigenvalue weighted by atomic mass is 32.1. The van der Waals surface area contributed by atoms with Crippen LogP contribution in [0.2, 0.25) is 0 Å². The van der Waals surface area contributed by atoms with E-state index in [0.29, 0.717) is 30.4 Å². The van der Waals surface area contributed by atoms with E-state index < -0.39 is 333 Å². The zero-order chi connectivity index (χ0) is 112. The smallest absolute Gasteiger partial charge is 0.322 e. The van der Waals surface area contributed by atoms with Crippen molar-refractivity contribution in [3.05, 3.63) is 71.8 Å². The minimum absolute atomic E-state index is 0.0133. The Morgan fingerprint density at radius 3 is 1.03 bits per heavy atom. The van der Waals surface area contributed by atoms with Gasteiger partial charge < -0.3 is 177 Å². The van der Waals surface area contributed by atoms with Gasteiger partial charge in [-0.3, -0.25) is 116 Å². The predicted molar refractivity (Wildman–Crippen MR) is 543 cm³/mol. The van der Waals surface area contributed by atoms with Gasteiger partial charge in [0.2, 0.25) is 124 Å². The van der Waals surface area contributed by atoms with Crippen molar-refractivity contribution < 1.29 is 131 Å². The van der Waals surface area contributed by atoms with Crippen molar-refractivity contribution in [1.29, 1.82) is 10.8 Å². The summed E-state index contributed by atoms with van der Waals surface area (Å²) in [5.74, 6) is -26.3. The van der Waals surface area contributed by atoms with Crippen LogP contribution in [0.25, 0.3) is 0 Å². The highest BCUT2D eigenvalue weighted by Gasteiger charge is 2.40. The van der Waals surface area contributed by atoms with Crippen LogP contribution < -0.4 is 152 Å². The fourth-order valence-electron chi connectivity index (χ4n) is 13.9. The number of thiol groups is 2. The van der Waals surface area contributed by atoms with Gasteiger partial charge in [0.25, 0.3) is 0 Å². The minimum Gasteiger partial charge on any atom is -0.480 e. The molecule has 0 aromatic heterocycles. The normalized spacial score (nSPS) is 14.6. The number of carboxylic acids is 1. The van der Waals surface area contributed by atoms with Gasteiger partial charge in [-0.1, -0.05) is 94.8 Å². The molecule has 0 bridgehead atoms. The SMILES string of the molecule is CC[C@H](C)[C@H](NC(=O)[C@H](CO)NC(=O)[C@H](CS)NC(=O)[C@H](CCCCN)NC(=O)[C@H](C)NC(=O)[C@@H](N)CC(N)=O)C(=O)N[C@@H](CCCCN)C(=O)NCC(=O)NCC(=O)N[C@@H](CO)C(=O)N[C@@H](CCCNC(=N)N)C(=O)N[C@@H](Cc1ccccc1)C(=O)N[C@@H](CS)C(=O)N[C@@H](CC(C)C)C(=O)N[C@@H](CO)C(=O)N[C@@H](CO)C(=O)N[C@@H](CCC(N)=O)C(=O)N[C@@H](Cc1ccccc1)C(=O)N[C@@H](CCCNC(=N)N)C(=O)NCC(=O)O. The molecule has 149 heavy (non-hydrogen) atoms. The highest BCUT2D eigenvalue weighted by molar-refractivity contribution is 7.80. The Labute approximate surface area is 870 Å². The van der Waals surface area contributed by atoms with Crippen LogP contribution >= 0.6 is 25.3 Å². The number of aliphatic hydroxyl groups excluding tert-OH is 4. The molecule has 57 nitrogen and oxygen atoms in total. The summed E-state index contributed by atoms with van der Waals surface area (Å²) in [5.41, 5.74) is 39.4.